The van der Waals surface area contributed by atoms with Crippen molar-refractivity contribution < 1.29 is 14.3 Å². The quantitative estimate of drug-likeness (QED) is 0.847. The third kappa shape index (κ3) is 3.61. The van der Waals surface area contributed by atoms with E-state index in [1.165, 1.54) is 0 Å². The van der Waals surface area contributed by atoms with Crippen molar-refractivity contribution in [3.05, 3.63) is 23.8 Å². The minimum absolute atomic E-state index is 0.0543. The smallest absolute Gasteiger partial charge is 0.254 e. The van der Waals surface area contributed by atoms with Crippen molar-refractivity contribution in [3.63, 3.8) is 0 Å². The van der Waals surface area contributed by atoms with Gasteiger partial charge in [0.05, 0.1) is 14.2 Å². The summed E-state index contributed by atoms with van der Waals surface area (Å²) in [6.45, 7) is 4.91. The molecule has 2 N–H and O–H groups in total. The van der Waals surface area contributed by atoms with Crippen LogP contribution in [0, 0.1) is 0 Å². The van der Waals surface area contributed by atoms with Crippen LogP contribution in [0.15, 0.2) is 18.2 Å². The molecule has 0 heterocycles. The molecule has 0 unspecified atom stereocenters. The monoisotopic (exact) mass is 266 g/mol. The molecule has 5 nitrogen and oxygen atoms in total. The maximum absolute atomic E-state index is 12.4. The van der Waals surface area contributed by atoms with Crippen molar-refractivity contribution in [1.29, 1.82) is 0 Å². The second-order valence-corrected chi connectivity index (χ2v) is 4.45. The largest absolute Gasteiger partial charge is 0.493 e. The minimum atomic E-state index is -0.0543. The zero-order chi connectivity index (χ0) is 14.4. The van der Waals surface area contributed by atoms with Gasteiger partial charge in [0.15, 0.2) is 11.5 Å². The van der Waals surface area contributed by atoms with Crippen LogP contribution in [0.4, 0.5) is 0 Å². The van der Waals surface area contributed by atoms with E-state index in [-0.39, 0.29) is 11.9 Å². The maximum Gasteiger partial charge on any atom is 0.254 e. The Labute approximate surface area is 114 Å². The highest BCUT2D eigenvalue weighted by Gasteiger charge is 2.19. The fourth-order valence-corrected chi connectivity index (χ4v) is 1.87. The topological polar surface area (TPSA) is 64.8 Å². The summed E-state index contributed by atoms with van der Waals surface area (Å²) in [5, 5.41) is 0. The molecular formula is C14H22N2O3. The molecule has 0 radical (unpaired) electrons. The Morgan fingerprint density at radius 2 is 1.89 bits per heavy atom. The lowest BCUT2D eigenvalue weighted by Gasteiger charge is -2.26. The Morgan fingerprint density at radius 1 is 1.26 bits per heavy atom. The maximum atomic E-state index is 12.4. The van der Waals surface area contributed by atoms with Gasteiger partial charge >= 0.3 is 0 Å². The summed E-state index contributed by atoms with van der Waals surface area (Å²) in [5.41, 5.74) is 6.12. The van der Waals surface area contributed by atoms with Crippen molar-refractivity contribution in [2.45, 2.75) is 19.9 Å². The van der Waals surface area contributed by atoms with Crippen LogP contribution < -0.4 is 15.2 Å². The summed E-state index contributed by atoms with van der Waals surface area (Å²) in [6, 6.07) is 5.25. The molecule has 0 aromatic heterocycles. The van der Waals surface area contributed by atoms with Gasteiger partial charge in [0, 0.05) is 24.7 Å². The fourth-order valence-electron chi connectivity index (χ4n) is 1.87. The molecule has 19 heavy (non-hydrogen) atoms. The van der Waals surface area contributed by atoms with E-state index in [9.17, 15) is 4.79 Å². The van der Waals surface area contributed by atoms with Gasteiger partial charge in [-0.3, -0.25) is 4.79 Å². The Kier molecular flexibility index (Phi) is 5.63. The second-order valence-electron chi connectivity index (χ2n) is 4.45. The molecule has 0 aliphatic carbocycles. The van der Waals surface area contributed by atoms with Crippen molar-refractivity contribution in [2.75, 3.05) is 27.3 Å². The van der Waals surface area contributed by atoms with Gasteiger partial charge in [-0.05, 0) is 32.0 Å². The van der Waals surface area contributed by atoms with E-state index in [1.807, 2.05) is 13.8 Å². The Balaban J connectivity index is 3.04. The van der Waals surface area contributed by atoms with Crippen LogP contribution in [-0.2, 0) is 0 Å². The summed E-state index contributed by atoms with van der Waals surface area (Å²) < 4.78 is 10.4. The van der Waals surface area contributed by atoms with Crippen LogP contribution >= 0.6 is 0 Å². The normalized spacial score (nSPS) is 10.4. The molecule has 1 aromatic rings. The average molecular weight is 266 g/mol. The number of nitrogens with zero attached hydrogens (tertiary/aromatic N) is 1. The van der Waals surface area contributed by atoms with E-state index in [0.29, 0.717) is 30.2 Å². The summed E-state index contributed by atoms with van der Waals surface area (Å²) in [4.78, 5) is 14.2. The zero-order valence-electron chi connectivity index (χ0n) is 12.0. The molecular weight excluding hydrogens is 244 g/mol. The van der Waals surface area contributed by atoms with E-state index in [1.54, 1.807) is 37.3 Å². The van der Waals surface area contributed by atoms with E-state index in [0.717, 1.165) is 0 Å². The predicted molar refractivity (Wildman–Crippen MR) is 74.8 cm³/mol. The van der Waals surface area contributed by atoms with Gasteiger partial charge in [0.25, 0.3) is 5.91 Å². The van der Waals surface area contributed by atoms with Gasteiger partial charge in [0.2, 0.25) is 0 Å². The van der Waals surface area contributed by atoms with Crippen molar-refractivity contribution >= 4 is 5.91 Å². The number of hydrogen-bond donors (Lipinski definition) is 1. The lowest BCUT2D eigenvalue weighted by atomic mass is 10.1. The van der Waals surface area contributed by atoms with Crippen LogP contribution in [0.3, 0.4) is 0 Å². The highest BCUT2D eigenvalue weighted by Crippen LogP contribution is 2.28. The van der Waals surface area contributed by atoms with Crippen LogP contribution in [0.5, 0.6) is 11.5 Å². The molecule has 0 atom stereocenters. The molecule has 0 fully saturated rings. The summed E-state index contributed by atoms with van der Waals surface area (Å²) in [6.07, 6.45) is 0. The summed E-state index contributed by atoms with van der Waals surface area (Å²) in [7, 11) is 3.11. The highest BCUT2D eigenvalue weighted by molar-refractivity contribution is 5.95. The molecule has 5 heteroatoms. The number of hydrogen-bond acceptors (Lipinski definition) is 4. The van der Waals surface area contributed by atoms with E-state index in [2.05, 4.69) is 0 Å². The van der Waals surface area contributed by atoms with Crippen LogP contribution in [0.1, 0.15) is 24.2 Å². The SMILES string of the molecule is COc1ccc(C(=O)N(CCN)C(C)C)cc1OC. The predicted octanol–water partition coefficient (Wildman–Crippen LogP) is 1.51. The Morgan fingerprint density at radius 3 is 2.37 bits per heavy atom. The minimum Gasteiger partial charge on any atom is -0.493 e. The molecule has 0 bridgehead atoms. The number of carbonyl (C=O) groups excluding carboxylic acids is 1. The van der Waals surface area contributed by atoms with Crippen LogP contribution in [0.25, 0.3) is 0 Å². The van der Waals surface area contributed by atoms with Crippen molar-refractivity contribution in [1.82, 2.24) is 4.90 Å². The number of benzene rings is 1. The van der Waals surface area contributed by atoms with Gasteiger partial charge in [0.1, 0.15) is 0 Å². The fraction of sp³-hybridized carbons (Fsp3) is 0.500. The third-order valence-corrected chi connectivity index (χ3v) is 2.88. The van der Waals surface area contributed by atoms with E-state index < -0.39 is 0 Å². The number of amides is 1. The van der Waals surface area contributed by atoms with Crippen LogP contribution in [0.2, 0.25) is 0 Å². The number of methoxy groups -OCH3 is 2. The molecule has 0 saturated heterocycles. The van der Waals surface area contributed by atoms with Gasteiger partial charge in [-0.15, -0.1) is 0 Å². The standard InChI is InChI=1S/C14H22N2O3/c1-10(2)16(8-7-15)14(17)11-5-6-12(18-3)13(9-11)19-4/h5-6,9-10H,7-8,15H2,1-4H3. The van der Waals surface area contributed by atoms with Crippen LogP contribution in [-0.4, -0.2) is 44.2 Å². The van der Waals surface area contributed by atoms with E-state index >= 15 is 0 Å². The molecule has 1 amide bonds. The third-order valence-electron chi connectivity index (χ3n) is 2.88. The number of carbonyl (C=O) groups is 1. The molecule has 0 aliphatic heterocycles. The average Bonchev–Trinajstić information content (AvgIpc) is 2.42. The molecule has 1 rings (SSSR count). The summed E-state index contributed by atoms with van der Waals surface area (Å²) >= 11 is 0. The molecule has 106 valence electrons. The second kappa shape index (κ2) is 6.99. The Hall–Kier alpha value is -1.75. The zero-order valence-corrected chi connectivity index (χ0v) is 12.0. The van der Waals surface area contributed by atoms with Crippen molar-refractivity contribution in [2.24, 2.45) is 5.73 Å². The van der Waals surface area contributed by atoms with Gasteiger partial charge in [-0.25, -0.2) is 0 Å². The first-order valence-electron chi connectivity index (χ1n) is 6.28. The van der Waals surface area contributed by atoms with Crippen molar-refractivity contribution in [3.8, 4) is 11.5 Å². The summed E-state index contributed by atoms with van der Waals surface area (Å²) in [5.74, 6) is 1.10. The molecule has 1 aromatic carbocycles. The number of nitrogens with two attached hydrogens (primary N) is 1. The lowest BCUT2D eigenvalue weighted by molar-refractivity contribution is 0.0711. The van der Waals surface area contributed by atoms with Gasteiger partial charge < -0.3 is 20.1 Å². The molecule has 0 saturated carbocycles. The first-order chi connectivity index (χ1) is 9.04. The molecule has 0 spiro atoms. The van der Waals surface area contributed by atoms with E-state index in [4.69, 9.17) is 15.2 Å². The first-order valence-corrected chi connectivity index (χ1v) is 6.28. The van der Waals surface area contributed by atoms with Gasteiger partial charge in [-0.2, -0.15) is 0 Å². The highest BCUT2D eigenvalue weighted by atomic mass is 16.5. The number of ether oxygens (including phenoxy) is 2. The molecule has 0 aliphatic rings. The number of rotatable bonds is 6. The first kappa shape index (κ1) is 15.3. The lowest BCUT2D eigenvalue weighted by Crippen LogP contribution is -2.40. The Bertz CT molecular complexity index is 433. The van der Waals surface area contributed by atoms with Gasteiger partial charge in [-0.1, -0.05) is 0 Å².